The van der Waals surface area contributed by atoms with Crippen molar-refractivity contribution in [3.8, 4) is 0 Å². The number of likely N-dealkylation sites (tertiary alicyclic amines) is 1. The summed E-state index contributed by atoms with van der Waals surface area (Å²) in [6.07, 6.45) is 11.1. The highest BCUT2D eigenvalue weighted by Gasteiger charge is 2.31. The van der Waals surface area contributed by atoms with E-state index in [1.165, 1.54) is 71.0 Å². The van der Waals surface area contributed by atoms with Crippen LogP contribution in [-0.4, -0.2) is 61.8 Å². The first-order chi connectivity index (χ1) is 12.7. The zero-order valence-electron chi connectivity index (χ0n) is 17.6. The molecule has 0 aromatic rings. The van der Waals surface area contributed by atoms with Gasteiger partial charge >= 0.3 is 0 Å². The van der Waals surface area contributed by atoms with Crippen LogP contribution in [-0.2, 0) is 0 Å². The van der Waals surface area contributed by atoms with Gasteiger partial charge in [-0.3, -0.25) is 4.99 Å². The molecule has 0 atom stereocenters. The Morgan fingerprint density at radius 3 is 2.48 bits per heavy atom. The second-order valence-corrected chi connectivity index (χ2v) is 8.53. The maximum atomic E-state index is 9.48. The number of guanidine groups is 1. The van der Waals surface area contributed by atoms with E-state index < -0.39 is 0 Å². The molecule has 0 amide bonds. The molecule has 2 aliphatic rings. The van der Waals surface area contributed by atoms with Crippen LogP contribution in [0.4, 0.5) is 0 Å². The number of hydrogen-bond donors (Lipinski definition) is 3. The third kappa shape index (κ3) is 9.31. The van der Waals surface area contributed by atoms with Gasteiger partial charge in [0.05, 0.1) is 0 Å². The second kappa shape index (κ2) is 14.0. The molecule has 0 aromatic heterocycles. The number of piperidine rings is 1. The number of aliphatic hydroxyl groups excluding tert-OH is 1. The fraction of sp³-hybridized carbons (Fsp3) is 0.952. The van der Waals surface area contributed by atoms with Gasteiger partial charge in [0, 0.05) is 26.2 Å². The summed E-state index contributed by atoms with van der Waals surface area (Å²) >= 11 is 0. The molecule has 1 aliphatic carbocycles. The lowest BCUT2D eigenvalue weighted by atomic mass is 9.72. The van der Waals surface area contributed by atoms with E-state index in [-0.39, 0.29) is 36.0 Å². The van der Waals surface area contributed by atoms with Crippen LogP contribution in [0, 0.1) is 11.3 Å². The first kappa shape index (κ1) is 25.0. The minimum Gasteiger partial charge on any atom is -0.396 e. The average molecular weight is 495 g/mol. The number of hydrogen-bond acceptors (Lipinski definition) is 3. The molecule has 0 unspecified atom stereocenters. The molecule has 0 spiro atoms. The Kier molecular flexibility index (Phi) is 12.9. The van der Waals surface area contributed by atoms with E-state index in [4.69, 9.17) is 4.99 Å². The molecule has 2 rings (SSSR count). The lowest BCUT2D eigenvalue weighted by molar-refractivity contribution is 0.137. The fourth-order valence-corrected chi connectivity index (χ4v) is 4.41. The Labute approximate surface area is 184 Å². The topological polar surface area (TPSA) is 59.9 Å². The first-order valence-electron chi connectivity index (χ1n) is 11.0. The van der Waals surface area contributed by atoms with Crippen LogP contribution in [0.2, 0.25) is 0 Å². The highest BCUT2D eigenvalue weighted by Crippen LogP contribution is 2.39. The quantitative estimate of drug-likeness (QED) is 0.198. The average Bonchev–Trinajstić information content (AvgIpc) is 2.65. The Bertz CT molecular complexity index is 399. The predicted molar refractivity (Wildman–Crippen MR) is 126 cm³/mol. The monoisotopic (exact) mass is 494 g/mol. The molecule has 1 saturated heterocycles. The molecule has 160 valence electrons. The number of halogens is 1. The van der Waals surface area contributed by atoms with Gasteiger partial charge in [-0.2, -0.15) is 0 Å². The normalized spacial score (nSPS) is 21.5. The van der Waals surface area contributed by atoms with Crippen molar-refractivity contribution in [1.29, 1.82) is 0 Å². The van der Waals surface area contributed by atoms with Crippen molar-refractivity contribution in [3.63, 3.8) is 0 Å². The van der Waals surface area contributed by atoms with Crippen molar-refractivity contribution >= 4 is 29.9 Å². The Morgan fingerprint density at radius 1 is 1.15 bits per heavy atom. The molecule has 1 aliphatic heterocycles. The van der Waals surface area contributed by atoms with E-state index in [9.17, 15) is 5.11 Å². The van der Waals surface area contributed by atoms with Crippen LogP contribution in [0.25, 0.3) is 0 Å². The molecule has 2 fully saturated rings. The molecule has 0 aromatic carbocycles. The Balaban J connectivity index is 0.00000364. The molecule has 3 N–H and O–H groups in total. The third-order valence-electron chi connectivity index (χ3n) is 6.29. The maximum absolute atomic E-state index is 9.48. The second-order valence-electron chi connectivity index (χ2n) is 8.53. The summed E-state index contributed by atoms with van der Waals surface area (Å²) in [5.74, 6) is 1.85. The summed E-state index contributed by atoms with van der Waals surface area (Å²) in [4.78, 5) is 7.49. The molecule has 0 radical (unpaired) electrons. The summed E-state index contributed by atoms with van der Waals surface area (Å²) in [6, 6.07) is 0. The van der Waals surface area contributed by atoms with Gasteiger partial charge in [-0.25, -0.2) is 0 Å². The molecular weight excluding hydrogens is 451 g/mol. The highest BCUT2D eigenvalue weighted by molar-refractivity contribution is 14.0. The lowest BCUT2D eigenvalue weighted by Crippen LogP contribution is -2.41. The van der Waals surface area contributed by atoms with Crippen LogP contribution in [0.3, 0.4) is 0 Å². The predicted octanol–water partition coefficient (Wildman–Crippen LogP) is 3.61. The summed E-state index contributed by atoms with van der Waals surface area (Å²) in [6.45, 7) is 11.2. The molecule has 27 heavy (non-hydrogen) atoms. The third-order valence-corrected chi connectivity index (χ3v) is 6.29. The van der Waals surface area contributed by atoms with Gasteiger partial charge in [0.25, 0.3) is 0 Å². The van der Waals surface area contributed by atoms with Gasteiger partial charge in [0.2, 0.25) is 0 Å². The lowest BCUT2D eigenvalue weighted by Gasteiger charge is -2.35. The molecule has 5 nitrogen and oxygen atoms in total. The number of aliphatic hydroxyl groups is 1. The van der Waals surface area contributed by atoms with Gasteiger partial charge in [-0.1, -0.05) is 26.2 Å². The van der Waals surface area contributed by atoms with Crippen molar-refractivity contribution in [1.82, 2.24) is 15.5 Å². The van der Waals surface area contributed by atoms with E-state index in [1.54, 1.807) is 0 Å². The molecule has 0 bridgehead atoms. The van der Waals surface area contributed by atoms with Crippen molar-refractivity contribution in [2.45, 2.75) is 71.6 Å². The number of rotatable bonds is 9. The van der Waals surface area contributed by atoms with Gasteiger partial charge < -0.3 is 20.6 Å². The van der Waals surface area contributed by atoms with E-state index in [1.807, 2.05) is 0 Å². The SMILES string of the molecule is CCNC(=NCC1(CCO)CCCCC1)NCCCN1CCC(C)CC1.I. The van der Waals surface area contributed by atoms with Crippen LogP contribution < -0.4 is 10.6 Å². The first-order valence-corrected chi connectivity index (χ1v) is 11.0. The summed E-state index contributed by atoms with van der Waals surface area (Å²) < 4.78 is 0. The van der Waals surface area contributed by atoms with Gasteiger partial charge in [-0.15, -0.1) is 24.0 Å². The number of aliphatic imine (C=N–C) groups is 1. The van der Waals surface area contributed by atoms with Gasteiger partial charge in [-0.05, 0) is 76.4 Å². The summed E-state index contributed by atoms with van der Waals surface area (Å²) in [5.41, 5.74) is 0.222. The van der Waals surface area contributed by atoms with Gasteiger partial charge in [0.1, 0.15) is 0 Å². The maximum Gasteiger partial charge on any atom is 0.191 e. The minimum atomic E-state index is 0. The van der Waals surface area contributed by atoms with E-state index >= 15 is 0 Å². The number of nitrogens with zero attached hydrogens (tertiary/aromatic N) is 2. The van der Waals surface area contributed by atoms with Crippen LogP contribution in [0.1, 0.15) is 71.6 Å². The number of nitrogens with one attached hydrogen (secondary N) is 2. The van der Waals surface area contributed by atoms with Crippen molar-refractivity contribution in [3.05, 3.63) is 0 Å². The smallest absolute Gasteiger partial charge is 0.191 e. The van der Waals surface area contributed by atoms with Crippen LogP contribution in [0.5, 0.6) is 0 Å². The highest BCUT2D eigenvalue weighted by atomic mass is 127. The standard InChI is InChI=1S/C21H42N4O.HI/c1-3-22-20(23-13-7-14-25-15-8-19(2)9-16-25)24-18-21(12-17-26)10-5-4-6-11-21;/h19,26H,3-18H2,1-2H3,(H2,22,23,24);1H. The fourth-order valence-electron chi connectivity index (χ4n) is 4.41. The molecule has 6 heteroatoms. The van der Waals surface area contributed by atoms with Crippen LogP contribution in [0.15, 0.2) is 4.99 Å². The zero-order valence-corrected chi connectivity index (χ0v) is 20.0. The van der Waals surface area contributed by atoms with Gasteiger partial charge in [0.15, 0.2) is 5.96 Å². The van der Waals surface area contributed by atoms with E-state index in [0.717, 1.165) is 37.9 Å². The summed E-state index contributed by atoms with van der Waals surface area (Å²) in [7, 11) is 0. The minimum absolute atomic E-state index is 0. The zero-order chi connectivity index (χ0) is 18.7. The van der Waals surface area contributed by atoms with Crippen molar-refractivity contribution in [2.24, 2.45) is 16.3 Å². The van der Waals surface area contributed by atoms with Crippen molar-refractivity contribution < 1.29 is 5.11 Å². The molecule has 1 heterocycles. The Hall–Kier alpha value is -0.0800. The van der Waals surface area contributed by atoms with E-state index in [0.29, 0.717) is 0 Å². The summed E-state index contributed by atoms with van der Waals surface area (Å²) in [5, 5.41) is 16.4. The van der Waals surface area contributed by atoms with Crippen molar-refractivity contribution in [2.75, 3.05) is 45.9 Å². The molecular formula is C21H43IN4O. The van der Waals surface area contributed by atoms with Crippen LogP contribution >= 0.6 is 24.0 Å². The molecule has 1 saturated carbocycles. The Morgan fingerprint density at radius 2 is 1.85 bits per heavy atom. The largest absolute Gasteiger partial charge is 0.396 e. The van der Waals surface area contributed by atoms with E-state index in [2.05, 4.69) is 29.4 Å².